The molecule has 1 heterocycles. The quantitative estimate of drug-likeness (QED) is 0.825. The standard InChI is InChI=1S/C17H28N4O/c1-14(18)12-17(22)19-15(2)13-20-8-10-21(11-9-20)16-6-4-3-5-7-16/h3-7,14-15H,8-13,18H2,1-2H3,(H,19,22). The van der Waals surface area contributed by atoms with E-state index in [0.717, 1.165) is 32.7 Å². The van der Waals surface area contributed by atoms with Gasteiger partial charge in [-0.3, -0.25) is 9.69 Å². The zero-order chi connectivity index (χ0) is 15.9. The molecule has 122 valence electrons. The molecule has 1 fully saturated rings. The first-order valence-electron chi connectivity index (χ1n) is 8.12. The van der Waals surface area contributed by atoms with Gasteiger partial charge in [-0.15, -0.1) is 0 Å². The smallest absolute Gasteiger partial charge is 0.221 e. The second-order valence-corrected chi connectivity index (χ2v) is 6.27. The topological polar surface area (TPSA) is 61.6 Å². The van der Waals surface area contributed by atoms with Crippen LogP contribution in [0.1, 0.15) is 20.3 Å². The van der Waals surface area contributed by atoms with E-state index in [4.69, 9.17) is 5.73 Å². The summed E-state index contributed by atoms with van der Waals surface area (Å²) in [5.41, 5.74) is 6.94. The van der Waals surface area contributed by atoms with Gasteiger partial charge in [-0.25, -0.2) is 0 Å². The monoisotopic (exact) mass is 304 g/mol. The van der Waals surface area contributed by atoms with E-state index in [1.807, 2.05) is 13.0 Å². The van der Waals surface area contributed by atoms with Crippen molar-refractivity contribution in [1.82, 2.24) is 10.2 Å². The lowest BCUT2D eigenvalue weighted by atomic mass is 10.2. The van der Waals surface area contributed by atoms with E-state index in [9.17, 15) is 4.79 Å². The maximum atomic E-state index is 11.7. The van der Waals surface area contributed by atoms with Crippen molar-refractivity contribution in [1.29, 1.82) is 0 Å². The van der Waals surface area contributed by atoms with Crippen LogP contribution in [0.2, 0.25) is 0 Å². The number of para-hydroxylation sites is 1. The van der Waals surface area contributed by atoms with Crippen molar-refractivity contribution in [2.24, 2.45) is 5.73 Å². The Kier molecular flexibility index (Phi) is 6.21. The third-order valence-electron chi connectivity index (χ3n) is 3.94. The first-order chi connectivity index (χ1) is 10.5. The number of nitrogens with two attached hydrogens (primary N) is 1. The number of rotatable bonds is 6. The van der Waals surface area contributed by atoms with E-state index in [0.29, 0.717) is 6.42 Å². The van der Waals surface area contributed by atoms with Gasteiger partial charge in [0.2, 0.25) is 5.91 Å². The lowest BCUT2D eigenvalue weighted by molar-refractivity contribution is -0.122. The van der Waals surface area contributed by atoms with Gasteiger partial charge in [0.1, 0.15) is 0 Å². The van der Waals surface area contributed by atoms with Crippen LogP contribution in [-0.4, -0.2) is 55.6 Å². The van der Waals surface area contributed by atoms with Crippen LogP contribution < -0.4 is 16.0 Å². The number of benzene rings is 1. The fraction of sp³-hybridized carbons (Fsp3) is 0.588. The van der Waals surface area contributed by atoms with Gasteiger partial charge in [-0.05, 0) is 26.0 Å². The van der Waals surface area contributed by atoms with Crippen molar-refractivity contribution in [3.63, 3.8) is 0 Å². The molecule has 5 heteroatoms. The summed E-state index contributed by atoms with van der Waals surface area (Å²) in [5, 5.41) is 3.03. The molecule has 1 saturated heterocycles. The van der Waals surface area contributed by atoms with Gasteiger partial charge in [0, 0.05) is 56.9 Å². The molecule has 0 saturated carbocycles. The molecule has 2 rings (SSSR count). The van der Waals surface area contributed by atoms with Crippen molar-refractivity contribution in [3.05, 3.63) is 30.3 Å². The molecule has 1 amide bonds. The molecule has 2 atom stereocenters. The Morgan fingerprint density at radius 1 is 1.18 bits per heavy atom. The van der Waals surface area contributed by atoms with Crippen LogP contribution in [0.15, 0.2) is 30.3 Å². The fourth-order valence-electron chi connectivity index (χ4n) is 2.89. The van der Waals surface area contributed by atoms with E-state index in [1.54, 1.807) is 0 Å². The Morgan fingerprint density at radius 3 is 2.41 bits per heavy atom. The number of piperazine rings is 1. The summed E-state index contributed by atoms with van der Waals surface area (Å²) in [4.78, 5) is 16.6. The minimum Gasteiger partial charge on any atom is -0.369 e. The second-order valence-electron chi connectivity index (χ2n) is 6.27. The molecule has 2 unspecified atom stereocenters. The molecule has 0 aromatic heterocycles. The highest BCUT2D eigenvalue weighted by atomic mass is 16.1. The summed E-state index contributed by atoms with van der Waals surface area (Å²) < 4.78 is 0. The minimum atomic E-state index is -0.0818. The maximum absolute atomic E-state index is 11.7. The number of anilines is 1. The van der Waals surface area contributed by atoms with Gasteiger partial charge >= 0.3 is 0 Å². The highest BCUT2D eigenvalue weighted by molar-refractivity contribution is 5.76. The zero-order valence-electron chi connectivity index (χ0n) is 13.7. The molecule has 1 aliphatic heterocycles. The SMILES string of the molecule is CC(N)CC(=O)NC(C)CN1CCN(c2ccccc2)CC1. The maximum Gasteiger partial charge on any atom is 0.221 e. The fourth-order valence-corrected chi connectivity index (χ4v) is 2.89. The first kappa shape index (κ1) is 16.8. The predicted octanol–water partition coefficient (Wildman–Crippen LogP) is 1.05. The molecule has 22 heavy (non-hydrogen) atoms. The van der Waals surface area contributed by atoms with Crippen LogP contribution in [0, 0.1) is 0 Å². The molecule has 1 aromatic carbocycles. The van der Waals surface area contributed by atoms with Crippen molar-refractivity contribution in [3.8, 4) is 0 Å². The van der Waals surface area contributed by atoms with Gasteiger partial charge in [0.25, 0.3) is 0 Å². The first-order valence-corrected chi connectivity index (χ1v) is 8.12. The number of carbonyl (C=O) groups excluding carboxylic acids is 1. The van der Waals surface area contributed by atoms with Gasteiger partial charge < -0.3 is 16.0 Å². The lowest BCUT2D eigenvalue weighted by Crippen LogP contribution is -2.51. The summed E-state index contributed by atoms with van der Waals surface area (Å²) in [6.45, 7) is 8.93. The van der Waals surface area contributed by atoms with E-state index in [-0.39, 0.29) is 18.0 Å². The van der Waals surface area contributed by atoms with Crippen molar-refractivity contribution in [2.75, 3.05) is 37.6 Å². The Balaban J connectivity index is 1.72. The number of hydrogen-bond acceptors (Lipinski definition) is 4. The molecular formula is C17H28N4O. The third-order valence-corrected chi connectivity index (χ3v) is 3.94. The van der Waals surface area contributed by atoms with Crippen LogP contribution in [0.5, 0.6) is 0 Å². The molecule has 0 aliphatic carbocycles. The zero-order valence-corrected chi connectivity index (χ0v) is 13.7. The van der Waals surface area contributed by atoms with Crippen LogP contribution in [0.25, 0.3) is 0 Å². The van der Waals surface area contributed by atoms with E-state index in [2.05, 4.69) is 46.3 Å². The summed E-state index contributed by atoms with van der Waals surface area (Å²) in [6.07, 6.45) is 0.395. The van der Waals surface area contributed by atoms with Gasteiger partial charge in [0.15, 0.2) is 0 Å². The largest absolute Gasteiger partial charge is 0.369 e. The van der Waals surface area contributed by atoms with Gasteiger partial charge in [0.05, 0.1) is 0 Å². The minimum absolute atomic E-state index is 0.0467. The van der Waals surface area contributed by atoms with Gasteiger partial charge in [-0.1, -0.05) is 18.2 Å². The van der Waals surface area contributed by atoms with Crippen LogP contribution in [0.4, 0.5) is 5.69 Å². The predicted molar refractivity (Wildman–Crippen MR) is 91.0 cm³/mol. The number of nitrogens with zero attached hydrogens (tertiary/aromatic N) is 2. The molecule has 0 bridgehead atoms. The Bertz CT molecular complexity index is 455. The lowest BCUT2D eigenvalue weighted by Gasteiger charge is -2.37. The van der Waals surface area contributed by atoms with Crippen molar-refractivity contribution < 1.29 is 4.79 Å². The van der Waals surface area contributed by atoms with E-state index >= 15 is 0 Å². The van der Waals surface area contributed by atoms with Crippen molar-refractivity contribution >= 4 is 11.6 Å². The van der Waals surface area contributed by atoms with Crippen LogP contribution >= 0.6 is 0 Å². The Hall–Kier alpha value is -1.59. The van der Waals surface area contributed by atoms with E-state index < -0.39 is 0 Å². The molecule has 0 spiro atoms. The van der Waals surface area contributed by atoms with Crippen molar-refractivity contribution in [2.45, 2.75) is 32.4 Å². The van der Waals surface area contributed by atoms with Gasteiger partial charge in [-0.2, -0.15) is 0 Å². The molecule has 0 radical (unpaired) electrons. The average Bonchev–Trinajstić information content (AvgIpc) is 2.47. The third kappa shape index (κ3) is 5.31. The second kappa shape index (κ2) is 8.15. The molecule has 1 aliphatic rings. The molecular weight excluding hydrogens is 276 g/mol. The number of nitrogens with one attached hydrogen (secondary N) is 1. The Labute approximate surface area is 133 Å². The Morgan fingerprint density at radius 2 is 1.82 bits per heavy atom. The average molecular weight is 304 g/mol. The van der Waals surface area contributed by atoms with Crippen LogP contribution in [0.3, 0.4) is 0 Å². The van der Waals surface area contributed by atoms with E-state index in [1.165, 1.54) is 5.69 Å². The summed E-state index contributed by atoms with van der Waals surface area (Å²) in [6, 6.07) is 10.6. The number of amides is 1. The molecule has 1 aromatic rings. The summed E-state index contributed by atoms with van der Waals surface area (Å²) >= 11 is 0. The highest BCUT2D eigenvalue weighted by Crippen LogP contribution is 2.15. The molecule has 5 nitrogen and oxygen atoms in total. The summed E-state index contributed by atoms with van der Waals surface area (Å²) in [7, 11) is 0. The molecule has 3 N–H and O–H groups in total. The summed E-state index contributed by atoms with van der Waals surface area (Å²) in [5.74, 6) is 0.0467. The van der Waals surface area contributed by atoms with Crippen LogP contribution in [-0.2, 0) is 4.79 Å². The highest BCUT2D eigenvalue weighted by Gasteiger charge is 2.19. The normalized spacial score (nSPS) is 18.8. The number of carbonyl (C=O) groups is 1. The number of hydrogen-bond donors (Lipinski definition) is 2.